The van der Waals surface area contributed by atoms with Gasteiger partial charge in [0.25, 0.3) is 5.91 Å². The minimum absolute atomic E-state index is 0.0541. The second-order valence-corrected chi connectivity index (χ2v) is 10.7. The molecule has 0 N–H and O–H groups in total. The lowest BCUT2D eigenvalue weighted by Crippen LogP contribution is -2.48. The van der Waals surface area contributed by atoms with Gasteiger partial charge in [-0.2, -0.15) is 4.31 Å². The molecule has 2 aromatic carbocycles. The van der Waals surface area contributed by atoms with Crippen LogP contribution >= 0.6 is 11.6 Å². The van der Waals surface area contributed by atoms with Gasteiger partial charge in [-0.15, -0.1) is 0 Å². The number of piperazine rings is 1. The zero-order valence-corrected chi connectivity index (χ0v) is 20.6. The quantitative estimate of drug-likeness (QED) is 0.532. The third kappa shape index (κ3) is 4.77. The van der Waals surface area contributed by atoms with Gasteiger partial charge in [0.2, 0.25) is 10.0 Å². The average molecular weight is 490 g/mol. The van der Waals surface area contributed by atoms with E-state index in [1.54, 1.807) is 37.2 Å². The number of carbonyl (C=O) groups is 1. The molecule has 0 aliphatic carbocycles. The number of benzene rings is 2. The zero-order chi connectivity index (χ0) is 23.8. The van der Waals surface area contributed by atoms with Crippen molar-refractivity contribution in [2.24, 2.45) is 0 Å². The van der Waals surface area contributed by atoms with Crippen LogP contribution in [0.25, 0.3) is 11.0 Å². The van der Waals surface area contributed by atoms with Crippen LogP contribution < -0.4 is 0 Å². The first-order valence-electron chi connectivity index (χ1n) is 10.9. The van der Waals surface area contributed by atoms with Crippen molar-refractivity contribution in [2.75, 3.05) is 40.3 Å². The molecule has 2 heterocycles. The highest BCUT2D eigenvalue weighted by Crippen LogP contribution is 2.23. The SMILES string of the molecule is CCn1c(CN2CCN(S(=O)(=O)c3cccc(Cl)c3)CC2)nc2cc(C(=O)N(C)C)ccc21. The van der Waals surface area contributed by atoms with Crippen molar-refractivity contribution < 1.29 is 13.2 Å². The summed E-state index contributed by atoms with van der Waals surface area (Å²) in [5, 5.41) is 0.406. The van der Waals surface area contributed by atoms with Crippen molar-refractivity contribution in [1.82, 2.24) is 23.7 Å². The van der Waals surface area contributed by atoms with Gasteiger partial charge in [-0.05, 0) is 43.3 Å². The highest BCUT2D eigenvalue weighted by atomic mass is 35.5. The second-order valence-electron chi connectivity index (χ2n) is 8.31. The first-order valence-corrected chi connectivity index (χ1v) is 12.7. The molecule has 0 bridgehead atoms. The lowest BCUT2D eigenvalue weighted by atomic mass is 10.2. The summed E-state index contributed by atoms with van der Waals surface area (Å²) in [7, 11) is -0.107. The lowest BCUT2D eigenvalue weighted by molar-refractivity contribution is 0.0827. The number of hydrogen-bond acceptors (Lipinski definition) is 5. The van der Waals surface area contributed by atoms with E-state index >= 15 is 0 Å². The monoisotopic (exact) mass is 489 g/mol. The van der Waals surface area contributed by atoms with Crippen molar-refractivity contribution in [1.29, 1.82) is 0 Å². The summed E-state index contributed by atoms with van der Waals surface area (Å²) in [6.07, 6.45) is 0. The average Bonchev–Trinajstić information content (AvgIpc) is 3.14. The molecule has 4 rings (SSSR count). The second kappa shape index (κ2) is 9.42. The Hall–Kier alpha value is -2.46. The summed E-state index contributed by atoms with van der Waals surface area (Å²) in [6.45, 7) is 5.47. The third-order valence-electron chi connectivity index (χ3n) is 5.93. The Labute approximate surface area is 199 Å². The Morgan fingerprint density at radius 3 is 2.45 bits per heavy atom. The first-order chi connectivity index (χ1) is 15.7. The Morgan fingerprint density at radius 2 is 1.82 bits per heavy atom. The standard InChI is InChI=1S/C23H28ClN5O3S/c1-4-29-21-9-8-17(23(30)26(2)3)14-20(21)25-22(29)16-27-10-12-28(13-11-27)33(31,32)19-7-5-6-18(24)15-19/h5-9,14-15H,4,10-13,16H2,1-3H3. The van der Waals surface area contributed by atoms with E-state index in [1.165, 1.54) is 10.4 Å². The molecule has 1 aliphatic rings. The molecule has 10 heteroatoms. The fourth-order valence-electron chi connectivity index (χ4n) is 4.15. The van der Waals surface area contributed by atoms with Gasteiger partial charge in [0.05, 0.1) is 22.5 Å². The molecule has 0 atom stereocenters. The van der Waals surface area contributed by atoms with Gasteiger partial charge in [-0.1, -0.05) is 17.7 Å². The Kier molecular flexibility index (Phi) is 6.76. The normalized spacial score (nSPS) is 15.8. The number of amides is 1. The molecule has 0 saturated carbocycles. The molecule has 0 spiro atoms. The molecular weight excluding hydrogens is 462 g/mol. The van der Waals surface area contributed by atoms with E-state index in [0.29, 0.717) is 43.3 Å². The van der Waals surface area contributed by atoms with Crippen LogP contribution in [0.1, 0.15) is 23.1 Å². The van der Waals surface area contributed by atoms with Gasteiger partial charge in [-0.25, -0.2) is 13.4 Å². The van der Waals surface area contributed by atoms with E-state index in [4.69, 9.17) is 16.6 Å². The van der Waals surface area contributed by atoms with Crippen molar-refractivity contribution in [3.05, 3.63) is 58.9 Å². The van der Waals surface area contributed by atoms with Gasteiger partial charge >= 0.3 is 0 Å². The number of fused-ring (bicyclic) bond motifs is 1. The summed E-state index contributed by atoms with van der Waals surface area (Å²) in [5.41, 5.74) is 2.39. The Balaban J connectivity index is 1.49. The molecular formula is C23H28ClN5O3S. The lowest BCUT2D eigenvalue weighted by Gasteiger charge is -2.33. The maximum atomic E-state index is 13.0. The molecule has 0 radical (unpaired) electrons. The smallest absolute Gasteiger partial charge is 0.253 e. The maximum Gasteiger partial charge on any atom is 0.253 e. The van der Waals surface area contributed by atoms with E-state index in [1.807, 2.05) is 18.2 Å². The van der Waals surface area contributed by atoms with Crippen LogP contribution in [0, 0.1) is 0 Å². The summed E-state index contributed by atoms with van der Waals surface area (Å²) in [6, 6.07) is 12.0. The number of imidazole rings is 1. The molecule has 33 heavy (non-hydrogen) atoms. The Morgan fingerprint density at radius 1 is 1.09 bits per heavy atom. The van der Waals surface area contributed by atoms with Crippen LogP contribution in [0.3, 0.4) is 0 Å². The van der Waals surface area contributed by atoms with Crippen LogP contribution in [0.2, 0.25) is 5.02 Å². The maximum absolute atomic E-state index is 13.0. The molecule has 1 aliphatic heterocycles. The third-order valence-corrected chi connectivity index (χ3v) is 8.06. The molecule has 1 aromatic heterocycles. The minimum Gasteiger partial charge on any atom is -0.345 e. The van der Waals surface area contributed by atoms with Gasteiger partial charge in [0.15, 0.2) is 0 Å². The molecule has 0 unspecified atom stereocenters. The molecule has 176 valence electrons. The number of halogens is 1. The fourth-order valence-corrected chi connectivity index (χ4v) is 5.87. The van der Waals surface area contributed by atoms with E-state index in [-0.39, 0.29) is 10.8 Å². The summed E-state index contributed by atoms with van der Waals surface area (Å²) < 4.78 is 29.6. The van der Waals surface area contributed by atoms with Gasteiger partial charge in [-0.3, -0.25) is 9.69 Å². The fraction of sp³-hybridized carbons (Fsp3) is 0.391. The van der Waals surface area contributed by atoms with Crippen molar-refractivity contribution in [3.8, 4) is 0 Å². The van der Waals surface area contributed by atoms with E-state index in [2.05, 4.69) is 16.4 Å². The van der Waals surface area contributed by atoms with Crippen LogP contribution in [0.4, 0.5) is 0 Å². The summed E-state index contributed by atoms with van der Waals surface area (Å²) >= 11 is 5.99. The van der Waals surface area contributed by atoms with Gasteiger partial charge in [0, 0.05) is 57.4 Å². The number of aromatic nitrogens is 2. The van der Waals surface area contributed by atoms with E-state index < -0.39 is 10.0 Å². The van der Waals surface area contributed by atoms with Crippen molar-refractivity contribution in [3.63, 3.8) is 0 Å². The molecule has 3 aromatic rings. The summed E-state index contributed by atoms with van der Waals surface area (Å²) in [5.74, 6) is 0.856. The van der Waals surface area contributed by atoms with Crippen LogP contribution in [-0.4, -0.2) is 78.3 Å². The zero-order valence-electron chi connectivity index (χ0n) is 19.0. The van der Waals surface area contributed by atoms with E-state index in [0.717, 1.165) is 23.4 Å². The van der Waals surface area contributed by atoms with Gasteiger partial charge < -0.3 is 9.47 Å². The Bertz CT molecular complexity index is 1280. The highest BCUT2D eigenvalue weighted by Gasteiger charge is 2.29. The van der Waals surface area contributed by atoms with Crippen LogP contribution in [0.15, 0.2) is 47.4 Å². The van der Waals surface area contributed by atoms with Crippen molar-refractivity contribution in [2.45, 2.75) is 24.9 Å². The molecule has 1 saturated heterocycles. The minimum atomic E-state index is -3.57. The van der Waals surface area contributed by atoms with Crippen LogP contribution in [0.5, 0.6) is 0 Å². The van der Waals surface area contributed by atoms with Crippen molar-refractivity contribution >= 4 is 38.6 Å². The van der Waals surface area contributed by atoms with Gasteiger partial charge in [0.1, 0.15) is 5.82 Å². The number of rotatable bonds is 6. The predicted molar refractivity (Wildman–Crippen MR) is 129 cm³/mol. The number of carbonyl (C=O) groups excluding carboxylic acids is 1. The highest BCUT2D eigenvalue weighted by molar-refractivity contribution is 7.89. The molecule has 8 nitrogen and oxygen atoms in total. The number of aryl methyl sites for hydroxylation is 1. The predicted octanol–water partition coefficient (Wildman–Crippen LogP) is 2.92. The largest absolute Gasteiger partial charge is 0.345 e. The number of hydrogen-bond donors (Lipinski definition) is 0. The molecule has 1 fully saturated rings. The topological polar surface area (TPSA) is 78.7 Å². The first kappa shape index (κ1) is 23.7. The summed E-state index contributed by atoms with van der Waals surface area (Å²) in [4.78, 5) is 21.1. The van der Waals surface area contributed by atoms with Crippen LogP contribution in [-0.2, 0) is 23.1 Å². The molecule has 1 amide bonds. The number of sulfonamides is 1. The van der Waals surface area contributed by atoms with E-state index in [9.17, 15) is 13.2 Å². The number of nitrogens with zero attached hydrogens (tertiary/aromatic N) is 5.